The molecule has 6 nitrogen and oxygen atoms in total. The van der Waals surface area contributed by atoms with E-state index in [1.54, 1.807) is 6.20 Å². The Bertz CT molecular complexity index is 569. The zero-order valence-corrected chi connectivity index (χ0v) is 10.9. The first kappa shape index (κ1) is 11.3. The third kappa shape index (κ3) is 1.87. The largest absolute Gasteiger partial charge is 0.364 e. The highest BCUT2D eigenvalue weighted by Gasteiger charge is 2.38. The summed E-state index contributed by atoms with van der Waals surface area (Å²) in [5, 5.41) is 14.4. The number of hydrogen-bond acceptors (Lipinski definition) is 5. The highest BCUT2D eigenvalue weighted by Crippen LogP contribution is 2.41. The predicted molar refractivity (Wildman–Crippen MR) is 71.7 cm³/mol. The van der Waals surface area contributed by atoms with Crippen LogP contribution in [0, 0.1) is 5.92 Å². The molecule has 1 aliphatic carbocycles. The second kappa shape index (κ2) is 3.83. The molecule has 1 fully saturated rings. The van der Waals surface area contributed by atoms with E-state index >= 15 is 0 Å². The van der Waals surface area contributed by atoms with Crippen molar-refractivity contribution in [3.63, 3.8) is 0 Å². The third-order valence-electron chi connectivity index (χ3n) is 3.57. The molecule has 18 heavy (non-hydrogen) atoms. The highest BCUT2D eigenvalue weighted by molar-refractivity contribution is 5.87. The highest BCUT2D eigenvalue weighted by atomic mass is 15.2. The smallest absolute Gasteiger partial charge is 0.226 e. The van der Waals surface area contributed by atoms with Crippen LogP contribution in [0.4, 0.5) is 11.8 Å². The van der Waals surface area contributed by atoms with Gasteiger partial charge in [0.1, 0.15) is 5.82 Å². The van der Waals surface area contributed by atoms with E-state index in [2.05, 4.69) is 44.6 Å². The van der Waals surface area contributed by atoms with Crippen LogP contribution < -0.4 is 10.6 Å². The minimum Gasteiger partial charge on any atom is -0.364 e. The number of hydrogen-bond donors (Lipinski definition) is 3. The maximum Gasteiger partial charge on any atom is 0.226 e. The van der Waals surface area contributed by atoms with E-state index in [1.165, 1.54) is 12.8 Å². The van der Waals surface area contributed by atoms with Gasteiger partial charge in [-0.2, -0.15) is 15.1 Å². The predicted octanol–water partition coefficient (Wildman–Crippen LogP) is 2.00. The number of H-pyrrole nitrogens is 1. The molecule has 0 aliphatic heterocycles. The van der Waals surface area contributed by atoms with Gasteiger partial charge >= 0.3 is 0 Å². The van der Waals surface area contributed by atoms with Gasteiger partial charge in [-0.05, 0) is 32.6 Å². The van der Waals surface area contributed by atoms with Gasteiger partial charge in [0.2, 0.25) is 5.95 Å². The van der Waals surface area contributed by atoms with Gasteiger partial charge in [0.25, 0.3) is 0 Å². The maximum absolute atomic E-state index is 4.49. The molecule has 0 spiro atoms. The minimum absolute atomic E-state index is 0.0591. The first-order valence-electron chi connectivity index (χ1n) is 6.27. The average molecular weight is 246 g/mol. The number of fused-ring (bicyclic) bond motifs is 1. The van der Waals surface area contributed by atoms with Gasteiger partial charge in [0.15, 0.2) is 5.65 Å². The molecule has 2 aromatic rings. The van der Waals surface area contributed by atoms with E-state index in [1.807, 2.05) is 7.05 Å². The zero-order valence-electron chi connectivity index (χ0n) is 10.9. The molecule has 6 heteroatoms. The Labute approximate surface area is 106 Å². The van der Waals surface area contributed by atoms with Crippen LogP contribution in [-0.4, -0.2) is 32.8 Å². The van der Waals surface area contributed by atoms with Crippen LogP contribution in [0.3, 0.4) is 0 Å². The summed E-state index contributed by atoms with van der Waals surface area (Å²) in [6.45, 7) is 4.44. The van der Waals surface area contributed by atoms with E-state index < -0.39 is 0 Å². The van der Waals surface area contributed by atoms with Gasteiger partial charge in [-0.3, -0.25) is 5.10 Å². The SMILES string of the molecule is CNc1nc(NC(C)(C)C2CC2)c2cn[nH]c2n1. The summed E-state index contributed by atoms with van der Waals surface area (Å²) in [5.41, 5.74) is 0.812. The molecule has 0 amide bonds. The summed E-state index contributed by atoms with van der Waals surface area (Å²) in [7, 11) is 1.81. The van der Waals surface area contributed by atoms with Crippen LogP contribution in [0.1, 0.15) is 26.7 Å². The second-order valence-corrected chi connectivity index (χ2v) is 5.40. The molecule has 0 aromatic carbocycles. The first-order valence-corrected chi connectivity index (χ1v) is 6.27. The summed E-state index contributed by atoms with van der Waals surface area (Å²) >= 11 is 0. The van der Waals surface area contributed by atoms with Crippen molar-refractivity contribution in [3.05, 3.63) is 6.20 Å². The molecule has 0 radical (unpaired) electrons. The van der Waals surface area contributed by atoms with E-state index in [0.29, 0.717) is 5.95 Å². The minimum atomic E-state index is 0.0591. The number of aromatic nitrogens is 4. The molecular weight excluding hydrogens is 228 g/mol. The molecule has 2 heterocycles. The summed E-state index contributed by atoms with van der Waals surface area (Å²) in [4.78, 5) is 8.82. The Balaban J connectivity index is 2.01. The molecule has 0 bridgehead atoms. The van der Waals surface area contributed by atoms with Gasteiger partial charge in [-0.25, -0.2) is 0 Å². The van der Waals surface area contributed by atoms with Crippen molar-refractivity contribution in [2.45, 2.75) is 32.2 Å². The van der Waals surface area contributed by atoms with Crippen molar-refractivity contribution in [2.24, 2.45) is 5.92 Å². The summed E-state index contributed by atoms with van der Waals surface area (Å²) < 4.78 is 0. The van der Waals surface area contributed by atoms with Crippen molar-refractivity contribution in [1.29, 1.82) is 0 Å². The second-order valence-electron chi connectivity index (χ2n) is 5.40. The molecule has 3 rings (SSSR count). The lowest BCUT2D eigenvalue weighted by Crippen LogP contribution is -2.33. The number of nitrogens with one attached hydrogen (secondary N) is 3. The standard InChI is InChI=1S/C12H18N6/c1-12(2,7-4-5-7)17-9-8-6-14-18-10(8)16-11(13-3)15-9/h6-7H,4-5H2,1-3H3,(H3,13,14,15,16,17,18). The number of anilines is 2. The Hall–Kier alpha value is -1.85. The molecule has 0 unspecified atom stereocenters. The first-order chi connectivity index (χ1) is 8.60. The van der Waals surface area contributed by atoms with Crippen molar-refractivity contribution in [1.82, 2.24) is 20.2 Å². The zero-order chi connectivity index (χ0) is 12.8. The van der Waals surface area contributed by atoms with Gasteiger partial charge in [0, 0.05) is 12.6 Å². The molecule has 96 valence electrons. The van der Waals surface area contributed by atoms with Crippen molar-refractivity contribution >= 4 is 22.8 Å². The summed E-state index contributed by atoms with van der Waals surface area (Å²) in [6, 6.07) is 0. The Morgan fingerprint density at radius 1 is 1.33 bits per heavy atom. The van der Waals surface area contributed by atoms with Gasteiger partial charge in [-0.15, -0.1) is 0 Å². The van der Waals surface area contributed by atoms with Crippen molar-refractivity contribution < 1.29 is 0 Å². The Morgan fingerprint density at radius 2 is 2.11 bits per heavy atom. The molecule has 0 saturated heterocycles. The number of aromatic amines is 1. The molecule has 1 aliphatic rings. The quantitative estimate of drug-likeness (QED) is 0.769. The van der Waals surface area contributed by atoms with Crippen LogP contribution >= 0.6 is 0 Å². The number of rotatable bonds is 4. The van der Waals surface area contributed by atoms with Crippen LogP contribution in [0.15, 0.2) is 6.20 Å². The lowest BCUT2D eigenvalue weighted by Gasteiger charge is -2.27. The van der Waals surface area contributed by atoms with E-state index in [-0.39, 0.29) is 5.54 Å². The fourth-order valence-corrected chi connectivity index (χ4v) is 2.25. The third-order valence-corrected chi connectivity index (χ3v) is 3.57. The van der Waals surface area contributed by atoms with Crippen molar-refractivity contribution in [2.75, 3.05) is 17.7 Å². The molecule has 2 aromatic heterocycles. The fraction of sp³-hybridized carbons (Fsp3) is 0.583. The molecular formula is C12H18N6. The number of nitrogens with zero attached hydrogens (tertiary/aromatic N) is 3. The van der Waals surface area contributed by atoms with E-state index in [0.717, 1.165) is 22.8 Å². The van der Waals surface area contributed by atoms with Crippen molar-refractivity contribution in [3.8, 4) is 0 Å². The van der Waals surface area contributed by atoms with Crippen LogP contribution in [0.2, 0.25) is 0 Å². The lowest BCUT2D eigenvalue weighted by molar-refractivity contribution is 0.493. The maximum atomic E-state index is 4.49. The van der Waals surface area contributed by atoms with Gasteiger partial charge in [0.05, 0.1) is 11.6 Å². The normalized spacial score (nSPS) is 15.9. The monoisotopic (exact) mass is 246 g/mol. The Morgan fingerprint density at radius 3 is 2.78 bits per heavy atom. The molecule has 3 N–H and O–H groups in total. The van der Waals surface area contributed by atoms with E-state index in [4.69, 9.17) is 0 Å². The van der Waals surface area contributed by atoms with Crippen LogP contribution in [0.5, 0.6) is 0 Å². The average Bonchev–Trinajstić information content (AvgIpc) is 3.09. The van der Waals surface area contributed by atoms with Crippen LogP contribution in [-0.2, 0) is 0 Å². The van der Waals surface area contributed by atoms with Gasteiger partial charge in [-0.1, -0.05) is 0 Å². The topological polar surface area (TPSA) is 78.5 Å². The van der Waals surface area contributed by atoms with E-state index in [9.17, 15) is 0 Å². The van der Waals surface area contributed by atoms with Crippen LogP contribution in [0.25, 0.3) is 11.0 Å². The molecule has 1 saturated carbocycles. The Kier molecular flexibility index (Phi) is 2.39. The fourth-order valence-electron chi connectivity index (χ4n) is 2.25. The summed E-state index contributed by atoms with van der Waals surface area (Å²) in [5.74, 6) is 2.17. The van der Waals surface area contributed by atoms with Gasteiger partial charge < -0.3 is 10.6 Å². The summed E-state index contributed by atoms with van der Waals surface area (Å²) in [6.07, 6.45) is 4.34. The lowest BCUT2D eigenvalue weighted by atomic mass is 9.99. The molecule has 0 atom stereocenters.